The van der Waals surface area contributed by atoms with Crippen LogP contribution in [0.4, 0.5) is 5.69 Å². The second-order valence-corrected chi connectivity index (χ2v) is 9.31. The smallest absolute Gasteiger partial charge is 0.243 e. The van der Waals surface area contributed by atoms with Gasteiger partial charge in [0.1, 0.15) is 5.75 Å². The first-order chi connectivity index (χ1) is 13.9. The maximum absolute atomic E-state index is 12.8. The molecule has 29 heavy (non-hydrogen) atoms. The lowest BCUT2D eigenvalue weighted by molar-refractivity contribution is -0.115. The minimum atomic E-state index is -3.48. The number of nitrogens with one attached hydrogen (secondary N) is 1. The van der Waals surface area contributed by atoms with Gasteiger partial charge < -0.3 is 10.1 Å². The normalized spacial score (nSPS) is 15.5. The summed E-state index contributed by atoms with van der Waals surface area (Å²) in [5, 5.41) is 2.82. The molecule has 0 radical (unpaired) electrons. The fraction of sp³-hybridized carbons (Fsp3) is 0.409. The van der Waals surface area contributed by atoms with Crippen LogP contribution in [-0.2, 0) is 21.2 Å². The number of ether oxygens (including phenoxy) is 1. The summed E-state index contributed by atoms with van der Waals surface area (Å²) in [6.07, 6.45) is 4.16. The number of carbonyl (C=O) groups excluding carboxylic acids is 1. The van der Waals surface area contributed by atoms with Gasteiger partial charge in [-0.25, -0.2) is 8.42 Å². The summed E-state index contributed by atoms with van der Waals surface area (Å²) < 4.78 is 32.5. The second kappa shape index (κ2) is 9.41. The van der Waals surface area contributed by atoms with Gasteiger partial charge in [-0.2, -0.15) is 4.31 Å². The third-order valence-electron chi connectivity index (χ3n) is 5.18. The number of nitrogens with zero attached hydrogens (tertiary/aromatic N) is 1. The molecular weight excluding hydrogens is 388 g/mol. The van der Waals surface area contributed by atoms with Crippen LogP contribution in [0.3, 0.4) is 0 Å². The number of hydrogen-bond acceptors (Lipinski definition) is 4. The SMILES string of the molecule is COc1cc(CC(=O)Nc2ccc(S(=O)(=O)N3CCCCCC3)cc2)ccc1C. The van der Waals surface area contributed by atoms with Crippen molar-refractivity contribution in [3.63, 3.8) is 0 Å². The van der Waals surface area contributed by atoms with E-state index >= 15 is 0 Å². The Kier molecular flexibility index (Phi) is 6.92. The van der Waals surface area contributed by atoms with Crippen LogP contribution >= 0.6 is 0 Å². The van der Waals surface area contributed by atoms with Gasteiger partial charge in [-0.15, -0.1) is 0 Å². The van der Waals surface area contributed by atoms with Crippen molar-refractivity contribution in [3.05, 3.63) is 53.6 Å². The van der Waals surface area contributed by atoms with Crippen molar-refractivity contribution in [1.29, 1.82) is 0 Å². The number of methoxy groups -OCH3 is 1. The Bertz CT molecular complexity index is 947. The van der Waals surface area contributed by atoms with Crippen LogP contribution in [0, 0.1) is 6.92 Å². The highest BCUT2D eigenvalue weighted by atomic mass is 32.2. The molecule has 0 atom stereocenters. The van der Waals surface area contributed by atoms with Crippen molar-refractivity contribution in [2.24, 2.45) is 0 Å². The number of rotatable bonds is 6. The Hall–Kier alpha value is -2.38. The molecule has 0 aliphatic carbocycles. The van der Waals surface area contributed by atoms with Gasteiger partial charge in [0, 0.05) is 18.8 Å². The summed E-state index contributed by atoms with van der Waals surface area (Å²) in [7, 11) is -1.88. The van der Waals surface area contributed by atoms with Crippen LogP contribution in [0.15, 0.2) is 47.4 Å². The lowest BCUT2D eigenvalue weighted by Crippen LogP contribution is -2.31. The number of carbonyl (C=O) groups is 1. The fourth-order valence-corrected chi connectivity index (χ4v) is 5.02. The van der Waals surface area contributed by atoms with E-state index in [2.05, 4.69) is 5.32 Å². The molecule has 1 aliphatic rings. The second-order valence-electron chi connectivity index (χ2n) is 7.37. The third-order valence-corrected chi connectivity index (χ3v) is 7.09. The topological polar surface area (TPSA) is 75.7 Å². The van der Waals surface area contributed by atoms with Gasteiger partial charge >= 0.3 is 0 Å². The molecule has 7 heteroatoms. The molecule has 0 bridgehead atoms. The average molecular weight is 417 g/mol. The molecule has 2 aromatic rings. The maximum Gasteiger partial charge on any atom is 0.243 e. The summed E-state index contributed by atoms with van der Waals surface area (Å²) in [5.74, 6) is 0.581. The van der Waals surface area contributed by atoms with E-state index in [0.717, 1.165) is 42.6 Å². The number of amides is 1. The van der Waals surface area contributed by atoms with Crippen molar-refractivity contribution in [2.45, 2.75) is 43.9 Å². The molecular formula is C22H28N2O4S. The highest BCUT2D eigenvalue weighted by Gasteiger charge is 2.25. The van der Waals surface area contributed by atoms with E-state index in [9.17, 15) is 13.2 Å². The monoisotopic (exact) mass is 416 g/mol. The molecule has 0 aromatic heterocycles. The average Bonchev–Trinajstić information content (AvgIpc) is 3.00. The molecule has 2 aromatic carbocycles. The fourth-order valence-electron chi connectivity index (χ4n) is 3.51. The Morgan fingerprint density at radius 3 is 2.31 bits per heavy atom. The molecule has 0 saturated carbocycles. The zero-order chi connectivity index (χ0) is 20.9. The molecule has 1 fully saturated rings. The van der Waals surface area contributed by atoms with E-state index in [1.54, 1.807) is 35.7 Å². The lowest BCUT2D eigenvalue weighted by atomic mass is 10.1. The maximum atomic E-state index is 12.8. The highest BCUT2D eigenvalue weighted by molar-refractivity contribution is 7.89. The van der Waals surface area contributed by atoms with Crippen LogP contribution in [0.25, 0.3) is 0 Å². The van der Waals surface area contributed by atoms with Gasteiger partial charge in [0.05, 0.1) is 18.4 Å². The van der Waals surface area contributed by atoms with Crippen LogP contribution in [0.5, 0.6) is 5.75 Å². The van der Waals surface area contributed by atoms with Crippen LogP contribution in [-0.4, -0.2) is 38.8 Å². The van der Waals surface area contributed by atoms with Gasteiger partial charge in [-0.1, -0.05) is 25.0 Å². The van der Waals surface area contributed by atoms with Crippen LogP contribution in [0.1, 0.15) is 36.8 Å². The molecule has 1 saturated heterocycles. The Morgan fingerprint density at radius 1 is 1.03 bits per heavy atom. The summed E-state index contributed by atoms with van der Waals surface area (Å²) in [4.78, 5) is 12.6. The zero-order valence-corrected chi connectivity index (χ0v) is 17.8. The first-order valence-electron chi connectivity index (χ1n) is 9.94. The van der Waals surface area contributed by atoms with Crippen LogP contribution in [0.2, 0.25) is 0 Å². The number of anilines is 1. The minimum absolute atomic E-state index is 0.168. The van der Waals surface area contributed by atoms with E-state index in [1.165, 1.54) is 0 Å². The minimum Gasteiger partial charge on any atom is -0.496 e. The highest BCUT2D eigenvalue weighted by Crippen LogP contribution is 2.22. The molecule has 1 amide bonds. The number of aryl methyl sites for hydroxylation is 1. The summed E-state index contributed by atoms with van der Waals surface area (Å²) in [6, 6.07) is 12.1. The predicted molar refractivity (Wildman–Crippen MR) is 114 cm³/mol. The number of hydrogen-bond donors (Lipinski definition) is 1. The van der Waals surface area contributed by atoms with E-state index in [4.69, 9.17) is 4.74 Å². The number of sulfonamides is 1. The molecule has 1 heterocycles. The lowest BCUT2D eigenvalue weighted by Gasteiger charge is -2.20. The van der Waals surface area contributed by atoms with Crippen molar-refractivity contribution < 1.29 is 17.9 Å². The van der Waals surface area contributed by atoms with Gasteiger partial charge in [-0.05, 0) is 61.2 Å². The standard InChI is InChI=1S/C22H28N2O4S/c1-17-7-8-18(15-21(17)28-2)16-22(25)23-19-9-11-20(12-10-19)29(26,27)24-13-5-3-4-6-14-24/h7-12,15H,3-6,13-14,16H2,1-2H3,(H,23,25). The molecule has 1 aliphatic heterocycles. The van der Waals surface area contributed by atoms with Crippen molar-refractivity contribution >= 4 is 21.6 Å². The van der Waals surface area contributed by atoms with Gasteiger partial charge in [0.2, 0.25) is 15.9 Å². The third kappa shape index (κ3) is 5.36. The molecule has 3 rings (SSSR count). The Labute approximate surface area is 172 Å². The molecule has 0 unspecified atom stereocenters. The molecule has 0 spiro atoms. The molecule has 1 N–H and O–H groups in total. The first-order valence-corrected chi connectivity index (χ1v) is 11.4. The zero-order valence-electron chi connectivity index (χ0n) is 17.0. The van der Waals surface area contributed by atoms with Crippen LogP contribution < -0.4 is 10.1 Å². The van der Waals surface area contributed by atoms with Gasteiger partial charge in [0.25, 0.3) is 0 Å². The predicted octanol–water partition coefficient (Wildman–Crippen LogP) is 3.75. The summed E-state index contributed by atoms with van der Waals surface area (Å²) in [6.45, 7) is 3.09. The van der Waals surface area contributed by atoms with E-state index in [1.807, 2.05) is 25.1 Å². The van der Waals surface area contributed by atoms with Crippen molar-refractivity contribution in [3.8, 4) is 5.75 Å². The first kappa shape index (κ1) is 21.3. The van der Waals surface area contributed by atoms with E-state index in [0.29, 0.717) is 18.8 Å². The Balaban J connectivity index is 1.64. The van der Waals surface area contributed by atoms with E-state index in [-0.39, 0.29) is 17.2 Å². The molecule has 6 nitrogen and oxygen atoms in total. The molecule has 156 valence electrons. The summed E-state index contributed by atoms with van der Waals surface area (Å²) >= 11 is 0. The quantitative estimate of drug-likeness (QED) is 0.778. The summed E-state index contributed by atoms with van der Waals surface area (Å²) in [5.41, 5.74) is 2.44. The van der Waals surface area contributed by atoms with Crippen molar-refractivity contribution in [2.75, 3.05) is 25.5 Å². The van der Waals surface area contributed by atoms with Crippen molar-refractivity contribution in [1.82, 2.24) is 4.31 Å². The largest absolute Gasteiger partial charge is 0.496 e. The van der Waals surface area contributed by atoms with Gasteiger partial charge in [-0.3, -0.25) is 4.79 Å². The van der Waals surface area contributed by atoms with Gasteiger partial charge in [0.15, 0.2) is 0 Å². The number of benzene rings is 2. The van der Waals surface area contributed by atoms with E-state index < -0.39 is 10.0 Å². The Morgan fingerprint density at radius 2 is 1.69 bits per heavy atom.